The molecule has 1 fully saturated rings. The van der Waals surface area contributed by atoms with Crippen LogP contribution in [0, 0.1) is 5.92 Å². The summed E-state index contributed by atoms with van der Waals surface area (Å²) in [7, 11) is 1.63. The van der Waals surface area contributed by atoms with Crippen molar-refractivity contribution >= 4 is 39.7 Å². The van der Waals surface area contributed by atoms with Gasteiger partial charge in [0.15, 0.2) is 5.65 Å². The summed E-state index contributed by atoms with van der Waals surface area (Å²) in [5.41, 5.74) is 2.30. The summed E-state index contributed by atoms with van der Waals surface area (Å²) in [5, 5.41) is 12.9. The van der Waals surface area contributed by atoms with E-state index in [-0.39, 0.29) is 5.91 Å². The van der Waals surface area contributed by atoms with Crippen LogP contribution in [0.25, 0.3) is 22.1 Å². The molecule has 1 aliphatic carbocycles. The van der Waals surface area contributed by atoms with E-state index in [9.17, 15) is 4.79 Å². The molecule has 2 aromatic heterocycles. The molecule has 1 saturated carbocycles. The maximum absolute atomic E-state index is 12.1. The fraction of sp³-hybridized carbons (Fsp3) is 0.474. The first-order chi connectivity index (χ1) is 13.2. The van der Waals surface area contributed by atoms with E-state index < -0.39 is 0 Å². The average molecular weight is 385 g/mol. The van der Waals surface area contributed by atoms with E-state index in [1.54, 1.807) is 7.11 Å². The monoisotopic (exact) mass is 385 g/mol. The molecule has 0 unspecified atom stereocenters. The second kappa shape index (κ2) is 8.12. The van der Waals surface area contributed by atoms with E-state index >= 15 is 0 Å². The van der Waals surface area contributed by atoms with E-state index in [1.165, 1.54) is 43.9 Å². The van der Waals surface area contributed by atoms with Crippen molar-refractivity contribution in [3.05, 3.63) is 18.2 Å². The zero-order valence-corrected chi connectivity index (χ0v) is 16.1. The molecule has 27 heavy (non-hydrogen) atoms. The molecule has 2 heterocycles. The lowest BCUT2D eigenvalue weighted by atomic mass is 9.89. The van der Waals surface area contributed by atoms with Crippen LogP contribution in [0.3, 0.4) is 0 Å². The topological polar surface area (TPSA) is 92.8 Å². The Kier molecular flexibility index (Phi) is 5.42. The van der Waals surface area contributed by atoms with Crippen LogP contribution in [0.1, 0.15) is 32.1 Å². The number of thioether (sulfide) groups is 1. The largest absolute Gasteiger partial charge is 0.497 e. The highest BCUT2D eigenvalue weighted by Gasteiger charge is 2.15. The van der Waals surface area contributed by atoms with Crippen LogP contribution in [0.4, 0.5) is 0 Å². The SMILES string of the molecule is COc1ccc2[nH]c3nc(SCC(=O)NCC4CCCCC4)nnc3c2c1. The number of carbonyl (C=O) groups is 1. The van der Waals surface area contributed by atoms with Gasteiger partial charge >= 0.3 is 0 Å². The third-order valence-electron chi connectivity index (χ3n) is 5.05. The molecular formula is C19H23N5O2S. The molecule has 142 valence electrons. The number of methoxy groups -OCH3 is 1. The quantitative estimate of drug-likeness (QED) is 0.633. The molecule has 2 N–H and O–H groups in total. The van der Waals surface area contributed by atoms with Crippen LogP contribution in [0.15, 0.2) is 23.4 Å². The van der Waals surface area contributed by atoms with E-state index in [2.05, 4.69) is 25.5 Å². The second-order valence-corrected chi connectivity index (χ2v) is 7.87. The average Bonchev–Trinajstić information content (AvgIpc) is 3.08. The number of aromatic nitrogens is 4. The summed E-state index contributed by atoms with van der Waals surface area (Å²) in [6.45, 7) is 0.779. The second-order valence-electron chi connectivity index (χ2n) is 6.92. The molecule has 0 spiro atoms. The van der Waals surface area contributed by atoms with Gasteiger partial charge in [-0.1, -0.05) is 31.0 Å². The molecule has 4 rings (SSSR count). The van der Waals surface area contributed by atoms with Gasteiger partial charge in [-0.3, -0.25) is 4.79 Å². The number of nitrogens with one attached hydrogen (secondary N) is 2. The van der Waals surface area contributed by atoms with E-state index in [0.29, 0.717) is 28.0 Å². The molecule has 1 amide bonds. The fourth-order valence-corrected chi connectivity index (χ4v) is 4.17. The summed E-state index contributed by atoms with van der Waals surface area (Å²) in [6, 6.07) is 5.73. The number of benzene rings is 1. The van der Waals surface area contributed by atoms with Gasteiger partial charge in [0.1, 0.15) is 11.3 Å². The van der Waals surface area contributed by atoms with Gasteiger partial charge in [-0.15, -0.1) is 10.2 Å². The molecule has 0 atom stereocenters. The molecular weight excluding hydrogens is 362 g/mol. The third-order valence-corrected chi connectivity index (χ3v) is 5.88. The lowest BCUT2D eigenvalue weighted by Gasteiger charge is -2.21. The summed E-state index contributed by atoms with van der Waals surface area (Å²) in [4.78, 5) is 19.8. The summed E-state index contributed by atoms with van der Waals surface area (Å²) < 4.78 is 5.26. The Bertz CT molecular complexity index is 952. The molecule has 0 radical (unpaired) electrons. The molecule has 0 bridgehead atoms. The summed E-state index contributed by atoms with van der Waals surface area (Å²) in [6.07, 6.45) is 6.34. The normalized spacial score (nSPS) is 15.3. The highest BCUT2D eigenvalue weighted by atomic mass is 32.2. The first-order valence-corrected chi connectivity index (χ1v) is 10.3. The summed E-state index contributed by atoms with van der Waals surface area (Å²) in [5.74, 6) is 1.72. The van der Waals surface area contributed by atoms with Gasteiger partial charge in [-0.2, -0.15) is 0 Å². The molecule has 1 aliphatic rings. The number of nitrogens with zero attached hydrogens (tertiary/aromatic N) is 3. The number of hydrogen-bond acceptors (Lipinski definition) is 6. The minimum absolute atomic E-state index is 0.0238. The van der Waals surface area contributed by atoms with Gasteiger partial charge in [-0.05, 0) is 37.0 Å². The Morgan fingerprint density at radius 1 is 1.30 bits per heavy atom. The predicted octanol–water partition coefficient (Wildman–Crippen LogP) is 3.30. The molecule has 1 aromatic carbocycles. The molecule has 0 saturated heterocycles. The number of amides is 1. The first-order valence-electron chi connectivity index (χ1n) is 9.32. The van der Waals surface area contributed by atoms with Gasteiger partial charge in [0.2, 0.25) is 11.1 Å². The van der Waals surface area contributed by atoms with Gasteiger partial charge in [0.25, 0.3) is 0 Å². The number of aromatic amines is 1. The maximum Gasteiger partial charge on any atom is 0.230 e. The van der Waals surface area contributed by atoms with Gasteiger partial charge in [0, 0.05) is 17.4 Å². The van der Waals surface area contributed by atoms with Crippen molar-refractivity contribution in [2.75, 3.05) is 19.4 Å². The van der Waals surface area contributed by atoms with Crippen LogP contribution in [0.5, 0.6) is 5.75 Å². The zero-order chi connectivity index (χ0) is 18.6. The highest BCUT2D eigenvalue weighted by molar-refractivity contribution is 7.99. The van der Waals surface area contributed by atoms with Gasteiger partial charge in [0.05, 0.1) is 12.9 Å². The van der Waals surface area contributed by atoms with Gasteiger partial charge in [-0.25, -0.2) is 4.98 Å². The van der Waals surface area contributed by atoms with Crippen LogP contribution >= 0.6 is 11.8 Å². The molecule has 8 heteroatoms. The van der Waals surface area contributed by atoms with E-state index in [4.69, 9.17) is 4.74 Å². The number of ether oxygens (including phenoxy) is 1. The Balaban J connectivity index is 1.38. The summed E-state index contributed by atoms with van der Waals surface area (Å²) >= 11 is 1.31. The minimum Gasteiger partial charge on any atom is -0.497 e. The van der Waals surface area contributed by atoms with E-state index in [0.717, 1.165) is 23.2 Å². The van der Waals surface area contributed by atoms with Crippen molar-refractivity contribution in [1.29, 1.82) is 0 Å². The number of fused-ring (bicyclic) bond motifs is 3. The molecule has 7 nitrogen and oxygen atoms in total. The zero-order valence-electron chi connectivity index (χ0n) is 15.3. The van der Waals surface area contributed by atoms with Crippen molar-refractivity contribution in [3.63, 3.8) is 0 Å². The van der Waals surface area contributed by atoms with Crippen LogP contribution in [-0.4, -0.2) is 45.5 Å². The number of H-pyrrole nitrogens is 1. The predicted molar refractivity (Wildman–Crippen MR) is 106 cm³/mol. The van der Waals surface area contributed by atoms with Crippen molar-refractivity contribution in [3.8, 4) is 5.75 Å². The Morgan fingerprint density at radius 2 is 2.15 bits per heavy atom. The molecule has 3 aromatic rings. The lowest BCUT2D eigenvalue weighted by molar-refractivity contribution is -0.118. The Morgan fingerprint density at radius 3 is 2.96 bits per heavy atom. The lowest BCUT2D eigenvalue weighted by Crippen LogP contribution is -2.31. The van der Waals surface area contributed by atoms with Crippen LogP contribution in [0.2, 0.25) is 0 Å². The van der Waals surface area contributed by atoms with Gasteiger partial charge < -0.3 is 15.0 Å². The van der Waals surface area contributed by atoms with Crippen LogP contribution in [-0.2, 0) is 4.79 Å². The first kappa shape index (κ1) is 18.0. The standard InChI is InChI=1S/C19H23N5O2S/c1-26-13-7-8-15-14(9-13)17-18(21-15)22-19(24-23-17)27-11-16(25)20-10-12-5-3-2-4-6-12/h7-9,12H,2-6,10-11H2,1H3,(H,20,25)(H,21,22,24). The minimum atomic E-state index is 0.0238. The molecule has 0 aliphatic heterocycles. The number of rotatable bonds is 6. The van der Waals surface area contributed by atoms with Crippen molar-refractivity contribution in [1.82, 2.24) is 25.5 Å². The maximum atomic E-state index is 12.1. The number of hydrogen-bond donors (Lipinski definition) is 2. The smallest absolute Gasteiger partial charge is 0.230 e. The van der Waals surface area contributed by atoms with Crippen molar-refractivity contribution in [2.45, 2.75) is 37.3 Å². The van der Waals surface area contributed by atoms with Crippen molar-refractivity contribution in [2.24, 2.45) is 5.92 Å². The Labute approximate surface area is 161 Å². The van der Waals surface area contributed by atoms with Crippen molar-refractivity contribution < 1.29 is 9.53 Å². The Hall–Kier alpha value is -2.35. The number of carbonyl (C=O) groups excluding carboxylic acids is 1. The van der Waals surface area contributed by atoms with E-state index in [1.807, 2.05) is 18.2 Å². The highest BCUT2D eigenvalue weighted by Crippen LogP contribution is 2.27. The third kappa shape index (κ3) is 4.16. The fourth-order valence-electron chi connectivity index (χ4n) is 3.55. The van der Waals surface area contributed by atoms with Crippen LogP contribution < -0.4 is 10.1 Å².